The van der Waals surface area contributed by atoms with Crippen LogP contribution in [0.5, 0.6) is 0 Å². The Hall–Kier alpha value is -5.72. The highest BCUT2D eigenvalue weighted by Gasteiger charge is 2.17. The number of nitrogens with zero attached hydrogens (tertiary/aromatic N) is 4. The molecule has 0 aliphatic heterocycles. The third-order valence-electron chi connectivity index (χ3n) is 6.71. The Morgan fingerprint density at radius 2 is 1.59 bits per heavy atom. The predicted octanol–water partition coefficient (Wildman–Crippen LogP) is 5.23. The smallest absolute Gasteiger partial charge is 0.296 e. The van der Waals surface area contributed by atoms with E-state index in [1.165, 1.54) is 18.3 Å². The maximum Gasteiger partial charge on any atom is 0.296 e. The van der Waals surface area contributed by atoms with Gasteiger partial charge in [0.2, 0.25) is 0 Å². The predicted molar refractivity (Wildman–Crippen MR) is 171 cm³/mol. The fourth-order valence-corrected chi connectivity index (χ4v) is 5.26. The van der Waals surface area contributed by atoms with Crippen molar-refractivity contribution in [2.45, 2.75) is 6.54 Å². The van der Waals surface area contributed by atoms with E-state index in [1.54, 1.807) is 30.6 Å². The van der Waals surface area contributed by atoms with Crippen LogP contribution in [0.4, 0.5) is 17.2 Å². The monoisotopic (exact) mass is 602 g/mol. The Balaban J connectivity index is 1.37. The first-order valence-electron chi connectivity index (χ1n) is 13.5. The summed E-state index contributed by atoms with van der Waals surface area (Å²) in [6.45, 7) is 0.457. The zero-order valence-electron chi connectivity index (χ0n) is 23.2. The first-order valence-corrected chi connectivity index (χ1v) is 15.0. The van der Waals surface area contributed by atoms with Crippen molar-refractivity contribution in [3.8, 4) is 22.4 Å². The summed E-state index contributed by atoms with van der Waals surface area (Å²) in [7, 11) is -3.96. The lowest BCUT2D eigenvalue weighted by Gasteiger charge is -2.15. The van der Waals surface area contributed by atoms with Crippen molar-refractivity contribution in [2.75, 3.05) is 15.4 Å². The quantitative estimate of drug-likeness (QED) is 0.175. The van der Waals surface area contributed by atoms with Gasteiger partial charge in [-0.1, -0.05) is 60.7 Å². The van der Waals surface area contributed by atoms with Gasteiger partial charge in [-0.25, -0.2) is 5.14 Å². The largest absolute Gasteiger partial charge is 0.362 e. The highest BCUT2D eigenvalue weighted by molar-refractivity contribution is 7.90. The zero-order valence-corrected chi connectivity index (χ0v) is 24.0. The van der Waals surface area contributed by atoms with Gasteiger partial charge in [0.25, 0.3) is 16.1 Å². The van der Waals surface area contributed by atoms with Gasteiger partial charge in [-0.15, -0.1) is 10.2 Å². The number of anilines is 3. The van der Waals surface area contributed by atoms with Gasteiger partial charge in [-0.05, 0) is 47.5 Å². The number of aromatic nitrogens is 4. The molecule has 0 bridgehead atoms. The molecular formula is C32H26N8O3S. The average molecular weight is 603 g/mol. The molecule has 0 fully saturated rings. The number of benzene rings is 3. The number of carbonyl (C=O) groups is 1. The van der Waals surface area contributed by atoms with E-state index >= 15 is 0 Å². The van der Waals surface area contributed by atoms with Crippen molar-refractivity contribution in [1.29, 1.82) is 0 Å². The van der Waals surface area contributed by atoms with Crippen LogP contribution in [0.15, 0.2) is 116 Å². The lowest BCUT2D eigenvalue weighted by Crippen LogP contribution is -2.21. The van der Waals surface area contributed by atoms with Crippen LogP contribution in [0.25, 0.3) is 33.2 Å². The van der Waals surface area contributed by atoms with Crippen LogP contribution in [-0.2, 0) is 16.8 Å². The van der Waals surface area contributed by atoms with E-state index < -0.39 is 16.1 Å². The molecule has 11 nitrogen and oxygen atoms in total. The number of carbonyl (C=O) groups excluding carboxylic acids is 1. The molecule has 3 aromatic carbocycles. The van der Waals surface area contributed by atoms with Crippen molar-refractivity contribution in [2.24, 2.45) is 5.14 Å². The lowest BCUT2D eigenvalue weighted by molar-refractivity contribution is 0.102. The van der Waals surface area contributed by atoms with Gasteiger partial charge >= 0.3 is 0 Å². The molecule has 1 amide bonds. The van der Waals surface area contributed by atoms with Crippen LogP contribution in [0, 0.1) is 0 Å². The first-order chi connectivity index (χ1) is 21.3. The number of rotatable bonds is 9. The molecule has 6 rings (SSSR count). The minimum absolute atomic E-state index is 0.213. The molecule has 3 heterocycles. The van der Waals surface area contributed by atoms with Gasteiger partial charge in [-0.3, -0.25) is 19.5 Å². The second kappa shape index (κ2) is 12.3. The van der Waals surface area contributed by atoms with Crippen molar-refractivity contribution >= 4 is 44.1 Å². The van der Waals surface area contributed by atoms with E-state index in [0.717, 1.165) is 27.6 Å². The first kappa shape index (κ1) is 28.4. The molecule has 0 unspecified atom stereocenters. The van der Waals surface area contributed by atoms with E-state index in [2.05, 4.69) is 35.5 Å². The van der Waals surface area contributed by atoms with Crippen LogP contribution in [0.3, 0.4) is 0 Å². The molecule has 5 N–H and O–H groups in total. The minimum Gasteiger partial charge on any atom is -0.362 e. The fourth-order valence-electron chi connectivity index (χ4n) is 4.80. The van der Waals surface area contributed by atoms with Crippen molar-refractivity contribution < 1.29 is 13.2 Å². The molecule has 6 aromatic rings. The van der Waals surface area contributed by atoms with E-state index in [4.69, 9.17) is 5.14 Å². The number of nitrogens with one attached hydrogen (secondary N) is 3. The van der Waals surface area contributed by atoms with E-state index in [-0.39, 0.29) is 11.3 Å². The lowest BCUT2D eigenvalue weighted by atomic mass is 9.96. The maximum atomic E-state index is 13.2. The number of hydrogen-bond donors (Lipinski definition) is 4. The molecule has 12 heteroatoms. The van der Waals surface area contributed by atoms with Crippen LogP contribution in [-0.4, -0.2) is 34.5 Å². The normalized spacial score (nSPS) is 11.2. The zero-order chi connectivity index (χ0) is 30.5. The summed E-state index contributed by atoms with van der Waals surface area (Å²) < 4.78 is 25.0. The Labute approximate surface area is 253 Å². The van der Waals surface area contributed by atoms with Gasteiger partial charge < -0.3 is 10.6 Å². The summed E-state index contributed by atoms with van der Waals surface area (Å²) in [5.74, 6) is 0.159. The summed E-state index contributed by atoms with van der Waals surface area (Å²) in [4.78, 5) is 21.9. The second-order valence-electron chi connectivity index (χ2n) is 9.81. The van der Waals surface area contributed by atoms with E-state index in [1.807, 2.05) is 66.7 Å². The van der Waals surface area contributed by atoms with Crippen LogP contribution < -0.4 is 20.5 Å². The highest BCUT2D eigenvalue weighted by atomic mass is 32.2. The maximum absolute atomic E-state index is 13.2. The van der Waals surface area contributed by atoms with Gasteiger partial charge in [-0.2, -0.15) is 8.42 Å². The summed E-state index contributed by atoms with van der Waals surface area (Å²) in [6, 6.07) is 29.6. The Kier molecular flexibility index (Phi) is 7.91. The molecule has 0 saturated heterocycles. The van der Waals surface area contributed by atoms with Gasteiger partial charge in [0.05, 0.1) is 23.5 Å². The van der Waals surface area contributed by atoms with Crippen LogP contribution in [0.1, 0.15) is 16.1 Å². The topological polar surface area (TPSA) is 165 Å². The summed E-state index contributed by atoms with van der Waals surface area (Å²) in [5.41, 5.74) is 4.86. The molecular weight excluding hydrogens is 576 g/mol. The van der Waals surface area contributed by atoms with Gasteiger partial charge in [0.1, 0.15) is 5.69 Å². The Morgan fingerprint density at radius 1 is 0.795 bits per heavy atom. The van der Waals surface area contributed by atoms with Gasteiger partial charge in [0, 0.05) is 40.6 Å². The summed E-state index contributed by atoms with van der Waals surface area (Å²) in [5, 5.41) is 22.1. The molecule has 0 aliphatic carbocycles. The number of hydrogen-bond acceptors (Lipinski definition) is 8. The Bertz CT molecular complexity index is 2080. The van der Waals surface area contributed by atoms with Gasteiger partial charge in [0.15, 0.2) is 5.82 Å². The van der Waals surface area contributed by atoms with E-state index in [0.29, 0.717) is 29.3 Å². The number of amides is 1. The molecule has 0 radical (unpaired) electrons. The summed E-state index contributed by atoms with van der Waals surface area (Å²) >= 11 is 0. The fraction of sp³-hybridized carbons (Fsp3) is 0.0312. The van der Waals surface area contributed by atoms with Crippen molar-refractivity contribution in [1.82, 2.24) is 20.2 Å². The standard InChI is InChI=1S/C32H26N8O3S/c33-44(42,43)40-25-12-6-11-24(17-25)37-32(41)23-16-22(18-34-19-23)30-28-14-7-13-27(21-8-2-1-3-9-21)29(28)31(39-38-30)36-20-26-10-4-5-15-35-26/h1-19,40H,20H2,(H,36,39)(H,37,41)(H2,33,42,43). The third kappa shape index (κ3) is 6.51. The van der Waals surface area contributed by atoms with Crippen LogP contribution in [0.2, 0.25) is 0 Å². The molecule has 0 atom stereocenters. The number of fused-ring (bicyclic) bond motifs is 1. The SMILES string of the molecule is NS(=O)(=O)Nc1cccc(NC(=O)c2cncc(-c3nnc(NCc4ccccn4)c4c(-c5ccccc5)cccc34)c2)c1. The molecule has 0 saturated carbocycles. The average Bonchev–Trinajstić information content (AvgIpc) is 3.03. The van der Waals surface area contributed by atoms with Crippen LogP contribution >= 0.6 is 0 Å². The molecule has 44 heavy (non-hydrogen) atoms. The van der Waals surface area contributed by atoms with Crippen molar-refractivity contribution in [3.63, 3.8) is 0 Å². The minimum atomic E-state index is -3.96. The second-order valence-corrected chi connectivity index (χ2v) is 11.1. The Morgan fingerprint density at radius 3 is 2.39 bits per heavy atom. The van der Waals surface area contributed by atoms with E-state index in [9.17, 15) is 13.2 Å². The number of nitrogens with two attached hydrogens (primary N) is 1. The van der Waals surface area contributed by atoms with Crippen molar-refractivity contribution in [3.05, 3.63) is 127 Å². The molecule has 0 spiro atoms. The highest BCUT2D eigenvalue weighted by Crippen LogP contribution is 2.37. The molecule has 3 aromatic heterocycles. The summed E-state index contributed by atoms with van der Waals surface area (Å²) in [6.07, 6.45) is 4.82. The molecule has 218 valence electrons. The third-order valence-corrected chi connectivity index (χ3v) is 7.23. The number of pyridine rings is 2. The molecule has 0 aliphatic rings.